The maximum atomic E-state index is 11.2. The summed E-state index contributed by atoms with van der Waals surface area (Å²) in [6.45, 7) is 3.85. The minimum absolute atomic E-state index is 0.154. The summed E-state index contributed by atoms with van der Waals surface area (Å²) in [4.78, 5) is 22.2. The highest BCUT2D eigenvalue weighted by atomic mass is 16.6. The van der Waals surface area contributed by atoms with Crippen molar-refractivity contribution in [2.75, 3.05) is 6.54 Å². The van der Waals surface area contributed by atoms with Crippen LogP contribution < -0.4 is 5.43 Å². The molecule has 0 unspecified atom stereocenters. The van der Waals surface area contributed by atoms with Crippen molar-refractivity contribution in [1.29, 1.82) is 0 Å². The zero-order chi connectivity index (χ0) is 9.84. The fraction of sp³-hybridized carbons (Fsp3) is 0.500. The van der Waals surface area contributed by atoms with Crippen LogP contribution in [0.3, 0.4) is 0 Å². The van der Waals surface area contributed by atoms with E-state index in [4.69, 9.17) is 0 Å². The second-order valence-electron chi connectivity index (χ2n) is 3.00. The van der Waals surface area contributed by atoms with Crippen LogP contribution in [-0.2, 0) is 9.53 Å². The topological polar surface area (TPSA) is 58.6 Å². The van der Waals surface area contributed by atoms with E-state index in [9.17, 15) is 9.59 Å². The van der Waals surface area contributed by atoms with Crippen LogP contribution in [-0.4, -0.2) is 23.6 Å². The highest BCUT2D eigenvalue weighted by Gasteiger charge is 2.19. The van der Waals surface area contributed by atoms with Crippen molar-refractivity contribution >= 4 is 12.0 Å². The lowest BCUT2D eigenvalue weighted by atomic mass is 10.2. The SMILES string of the molecule is CC(C)C(=O)NN1CC=COC1=O. The number of carbonyl (C=O) groups is 2. The first kappa shape index (κ1) is 9.57. The molecule has 0 bridgehead atoms. The lowest BCUT2D eigenvalue weighted by molar-refractivity contribution is -0.128. The fourth-order valence-electron chi connectivity index (χ4n) is 0.746. The van der Waals surface area contributed by atoms with Crippen molar-refractivity contribution in [2.45, 2.75) is 13.8 Å². The van der Waals surface area contributed by atoms with Gasteiger partial charge in [0.05, 0.1) is 12.8 Å². The Morgan fingerprint density at radius 2 is 2.38 bits per heavy atom. The Bertz CT molecular complexity index is 248. The minimum atomic E-state index is -0.559. The van der Waals surface area contributed by atoms with Gasteiger partial charge < -0.3 is 4.74 Å². The van der Waals surface area contributed by atoms with E-state index in [-0.39, 0.29) is 11.8 Å². The molecule has 0 saturated heterocycles. The van der Waals surface area contributed by atoms with E-state index < -0.39 is 6.09 Å². The smallest absolute Gasteiger partial charge is 0.417 e. The summed E-state index contributed by atoms with van der Waals surface area (Å²) in [5.74, 6) is -0.356. The van der Waals surface area contributed by atoms with Crippen molar-refractivity contribution in [1.82, 2.24) is 10.4 Å². The van der Waals surface area contributed by atoms with Crippen molar-refractivity contribution in [3.05, 3.63) is 12.3 Å². The van der Waals surface area contributed by atoms with Gasteiger partial charge in [0.15, 0.2) is 0 Å². The first-order valence-electron chi connectivity index (χ1n) is 4.05. The molecule has 72 valence electrons. The molecule has 0 fully saturated rings. The summed E-state index contributed by atoms with van der Waals surface area (Å²) in [6.07, 6.45) is 2.39. The molecule has 0 atom stereocenters. The zero-order valence-electron chi connectivity index (χ0n) is 7.61. The second-order valence-corrected chi connectivity index (χ2v) is 3.00. The Morgan fingerprint density at radius 3 is 2.92 bits per heavy atom. The van der Waals surface area contributed by atoms with Gasteiger partial charge in [-0.3, -0.25) is 10.2 Å². The number of nitrogens with one attached hydrogen (secondary N) is 1. The molecule has 13 heavy (non-hydrogen) atoms. The Labute approximate surface area is 76.3 Å². The monoisotopic (exact) mass is 184 g/mol. The molecule has 5 heteroatoms. The van der Waals surface area contributed by atoms with Gasteiger partial charge in [0.2, 0.25) is 5.91 Å². The summed E-state index contributed by atoms with van der Waals surface area (Å²) in [6, 6.07) is 0. The number of rotatable bonds is 2. The third-order valence-electron chi connectivity index (χ3n) is 1.54. The van der Waals surface area contributed by atoms with Gasteiger partial charge in [0.1, 0.15) is 0 Å². The van der Waals surface area contributed by atoms with Gasteiger partial charge in [0.25, 0.3) is 0 Å². The lowest BCUT2D eigenvalue weighted by Crippen LogP contribution is -2.48. The van der Waals surface area contributed by atoms with Gasteiger partial charge in [-0.1, -0.05) is 13.8 Å². The standard InChI is InChI=1S/C8H12N2O3/c1-6(2)7(11)9-10-4-3-5-13-8(10)12/h3,5-6H,4H2,1-2H3,(H,9,11). The molecule has 1 N–H and O–H groups in total. The third kappa shape index (κ3) is 2.47. The molecule has 0 aliphatic carbocycles. The van der Waals surface area contributed by atoms with Crippen molar-refractivity contribution in [2.24, 2.45) is 5.92 Å². The Morgan fingerprint density at radius 1 is 1.69 bits per heavy atom. The number of cyclic esters (lactones) is 1. The molecule has 0 aromatic rings. The van der Waals surface area contributed by atoms with Crippen LogP contribution >= 0.6 is 0 Å². The molecule has 1 rings (SSSR count). The highest BCUT2D eigenvalue weighted by Crippen LogP contribution is 2.00. The van der Waals surface area contributed by atoms with Gasteiger partial charge in [-0.05, 0) is 6.08 Å². The van der Waals surface area contributed by atoms with Crippen LogP contribution in [0.4, 0.5) is 4.79 Å². The first-order valence-corrected chi connectivity index (χ1v) is 4.05. The van der Waals surface area contributed by atoms with Crippen molar-refractivity contribution in [3.63, 3.8) is 0 Å². The van der Waals surface area contributed by atoms with Crippen LogP contribution in [0.1, 0.15) is 13.8 Å². The number of hydrazine groups is 1. The second kappa shape index (κ2) is 3.93. The highest BCUT2D eigenvalue weighted by molar-refractivity contribution is 5.80. The molecule has 0 radical (unpaired) electrons. The molecule has 1 aliphatic rings. The first-order chi connectivity index (χ1) is 6.11. The van der Waals surface area contributed by atoms with E-state index in [0.29, 0.717) is 6.54 Å². The van der Waals surface area contributed by atoms with E-state index in [0.717, 1.165) is 5.01 Å². The van der Waals surface area contributed by atoms with Gasteiger partial charge in [0, 0.05) is 5.92 Å². The summed E-state index contributed by atoms with van der Waals surface area (Å²) in [7, 11) is 0. The summed E-state index contributed by atoms with van der Waals surface area (Å²) < 4.78 is 4.56. The number of nitrogens with zero attached hydrogens (tertiary/aromatic N) is 1. The lowest BCUT2D eigenvalue weighted by Gasteiger charge is -2.23. The van der Waals surface area contributed by atoms with E-state index in [2.05, 4.69) is 10.2 Å². The van der Waals surface area contributed by atoms with Crippen LogP contribution in [0.2, 0.25) is 0 Å². The van der Waals surface area contributed by atoms with Crippen molar-refractivity contribution in [3.8, 4) is 0 Å². The van der Waals surface area contributed by atoms with E-state index in [1.165, 1.54) is 6.26 Å². The number of hydrogen-bond donors (Lipinski definition) is 1. The van der Waals surface area contributed by atoms with Crippen molar-refractivity contribution < 1.29 is 14.3 Å². The van der Waals surface area contributed by atoms with Crippen LogP contribution in [0.25, 0.3) is 0 Å². The molecule has 2 amide bonds. The summed E-state index contributed by atoms with van der Waals surface area (Å²) >= 11 is 0. The van der Waals surface area contributed by atoms with Crippen LogP contribution in [0, 0.1) is 5.92 Å². The normalized spacial score (nSPS) is 15.9. The van der Waals surface area contributed by atoms with Gasteiger partial charge in [-0.25, -0.2) is 9.80 Å². The van der Waals surface area contributed by atoms with E-state index in [1.54, 1.807) is 19.9 Å². The number of ether oxygens (including phenoxy) is 1. The van der Waals surface area contributed by atoms with E-state index in [1.807, 2.05) is 0 Å². The predicted molar refractivity (Wildman–Crippen MR) is 45.3 cm³/mol. The third-order valence-corrected chi connectivity index (χ3v) is 1.54. The van der Waals surface area contributed by atoms with Crippen LogP contribution in [0.5, 0.6) is 0 Å². The van der Waals surface area contributed by atoms with Crippen LogP contribution in [0.15, 0.2) is 12.3 Å². The maximum absolute atomic E-state index is 11.2. The fourth-order valence-corrected chi connectivity index (χ4v) is 0.746. The molecule has 0 aromatic carbocycles. The predicted octanol–water partition coefficient (Wildman–Crippen LogP) is 0.639. The molecular weight excluding hydrogens is 172 g/mol. The molecule has 1 heterocycles. The van der Waals surface area contributed by atoms with Gasteiger partial charge >= 0.3 is 6.09 Å². The molecule has 0 spiro atoms. The number of carbonyl (C=O) groups excluding carboxylic acids is 2. The molecule has 0 saturated carbocycles. The largest absolute Gasteiger partial charge is 0.433 e. The summed E-state index contributed by atoms with van der Waals surface area (Å²) in [5.41, 5.74) is 2.44. The van der Waals surface area contributed by atoms with E-state index >= 15 is 0 Å². The average Bonchev–Trinajstić information content (AvgIpc) is 2.08. The van der Waals surface area contributed by atoms with Gasteiger partial charge in [-0.15, -0.1) is 0 Å². The maximum Gasteiger partial charge on any atom is 0.433 e. The molecule has 1 aliphatic heterocycles. The molecular formula is C8H12N2O3. The number of amides is 2. The minimum Gasteiger partial charge on any atom is -0.417 e. The molecule has 0 aromatic heterocycles. The average molecular weight is 184 g/mol. The van der Waals surface area contributed by atoms with Gasteiger partial charge in [-0.2, -0.15) is 0 Å². The quantitative estimate of drug-likeness (QED) is 0.685. The summed E-state index contributed by atoms with van der Waals surface area (Å²) in [5, 5.41) is 1.13. The molecule has 5 nitrogen and oxygen atoms in total. The Hall–Kier alpha value is -1.52. The Balaban J connectivity index is 2.49. The zero-order valence-corrected chi connectivity index (χ0v) is 7.61. The number of hydrogen-bond acceptors (Lipinski definition) is 3. The Kier molecular flexibility index (Phi) is 2.89.